The lowest BCUT2D eigenvalue weighted by Gasteiger charge is -2.12. The molecule has 4 heterocycles. The van der Waals surface area contributed by atoms with E-state index in [-0.39, 0.29) is 0 Å². The lowest BCUT2D eigenvalue weighted by atomic mass is 9.98. The van der Waals surface area contributed by atoms with Gasteiger partial charge in [0.2, 0.25) is 5.95 Å². The van der Waals surface area contributed by atoms with Gasteiger partial charge in [-0.15, -0.1) is 11.3 Å². The minimum atomic E-state index is 0.576. The number of rotatable bonds is 4. The Labute approximate surface area is 295 Å². The van der Waals surface area contributed by atoms with Crippen LogP contribution in [0.5, 0.6) is 0 Å². The third-order valence-corrected chi connectivity index (χ3v) is 11.1. The average molecular weight is 671 g/mol. The second-order valence-electron chi connectivity index (χ2n) is 12.8. The number of fused-ring (bicyclic) bond motifs is 9. The molecule has 51 heavy (non-hydrogen) atoms. The normalized spacial score (nSPS) is 11.9. The molecule has 0 saturated carbocycles. The third-order valence-electron chi connectivity index (χ3n) is 9.89. The summed E-state index contributed by atoms with van der Waals surface area (Å²) in [4.78, 5) is 15.7. The quantitative estimate of drug-likeness (QED) is 0.187. The van der Waals surface area contributed by atoms with Crippen molar-refractivity contribution in [2.24, 2.45) is 0 Å². The van der Waals surface area contributed by atoms with Gasteiger partial charge in [0.25, 0.3) is 0 Å². The van der Waals surface area contributed by atoms with E-state index in [0.29, 0.717) is 17.6 Å². The molecule has 0 aliphatic carbocycles. The third kappa shape index (κ3) is 4.30. The zero-order valence-corrected chi connectivity index (χ0v) is 27.9. The molecule has 0 fully saturated rings. The van der Waals surface area contributed by atoms with Crippen molar-refractivity contribution in [3.8, 4) is 39.9 Å². The Hall–Kier alpha value is -6.63. The summed E-state index contributed by atoms with van der Waals surface area (Å²) in [6.07, 6.45) is 0. The fraction of sp³-hybridized carbons (Fsp3) is 0. The molecule has 0 unspecified atom stereocenters. The SMILES string of the molecule is c1ccc(-c2nc(-c3cccc4c3sc3ccccc34)nc(-n3c4ccccc4c4ccc(-c5cccc6oc7ccccc7c56)cc43)n2)cc1. The monoisotopic (exact) mass is 670 g/mol. The van der Waals surface area contributed by atoms with Gasteiger partial charge < -0.3 is 4.42 Å². The van der Waals surface area contributed by atoms with Crippen LogP contribution >= 0.6 is 11.3 Å². The summed E-state index contributed by atoms with van der Waals surface area (Å²) in [5.41, 5.74) is 7.96. The Morgan fingerprint density at radius 3 is 2.06 bits per heavy atom. The van der Waals surface area contributed by atoms with E-state index in [9.17, 15) is 0 Å². The first kappa shape index (κ1) is 28.2. The van der Waals surface area contributed by atoms with Gasteiger partial charge in [0, 0.05) is 52.8 Å². The van der Waals surface area contributed by atoms with Crippen molar-refractivity contribution in [3.05, 3.63) is 158 Å². The molecule has 0 aliphatic heterocycles. The minimum absolute atomic E-state index is 0.576. The maximum absolute atomic E-state index is 6.27. The molecule has 0 radical (unpaired) electrons. The average Bonchev–Trinajstić information content (AvgIpc) is 3.87. The summed E-state index contributed by atoms with van der Waals surface area (Å²) in [5, 5.41) is 6.94. The van der Waals surface area contributed by atoms with Crippen LogP contribution < -0.4 is 0 Å². The van der Waals surface area contributed by atoms with Gasteiger partial charge in [-0.25, -0.2) is 4.98 Å². The number of hydrogen-bond acceptors (Lipinski definition) is 5. The second kappa shape index (κ2) is 10.9. The highest BCUT2D eigenvalue weighted by Gasteiger charge is 2.21. The minimum Gasteiger partial charge on any atom is -0.456 e. The molecule has 0 N–H and O–H groups in total. The lowest BCUT2D eigenvalue weighted by Crippen LogP contribution is -2.06. The summed E-state index contributed by atoms with van der Waals surface area (Å²) in [6.45, 7) is 0. The summed E-state index contributed by atoms with van der Waals surface area (Å²) < 4.78 is 10.9. The molecule has 0 atom stereocenters. The molecule has 0 bridgehead atoms. The van der Waals surface area contributed by atoms with Crippen LogP contribution in [0.3, 0.4) is 0 Å². The summed E-state index contributed by atoms with van der Waals surface area (Å²) in [5.74, 6) is 1.85. The van der Waals surface area contributed by atoms with Gasteiger partial charge >= 0.3 is 0 Å². The maximum atomic E-state index is 6.27. The summed E-state index contributed by atoms with van der Waals surface area (Å²) >= 11 is 1.78. The van der Waals surface area contributed by atoms with Gasteiger partial charge in [-0.2, -0.15) is 9.97 Å². The van der Waals surface area contributed by atoms with E-state index in [1.807, 2.05) is 36.4 Å². The van der Waals surface area contributed by atoms with Crippen molar-refractivity contribution in [2.75, 3.05) is 0 Å². The van der Waals surface area contributed by atoms with E-state index in [4.69, 9.17) is 19.4 Å². The summed E-state index contributed by atoms with van der Waals surface area (Å²) in [7, 11) is 0. The van der Waals surface area contributed by atoms with Crippen LogP contribution in [0.4, 0.5) is 0 Å². The van der Waals surface area contributed by atoms with Crippen molar-refractivity contribution in [2.45, 2.75) is 0 Å². The number of aromatic nitrogens is 4. The van der Waals surface area contributed by atoms with Crippen LogP contribution in [0, 0.1) is 0 Å². The predicted octanol–water partition coefficient (Wildman–Crippen LogP) is 12.2. The first-order valence-corrected chi connectivity index (χ1v) is 17.8. The van der Waals surface area contributed by atoms with Crippen LogP contribution in [-0.2, 0) is 0 Å². The molecular formula is C45H26N4OS. The van der Waals surface area contributed by atoms with E-state index >= 15 is 0 Å². The van der Waals surface area contributed by atoms with E-state index in [1.54, 1.807) is 11.3 Å². The largest absolute Gasteiger partial charge is 0.456 e. The molecule has 238 valence electrons. The molecule has 5 nitrogen and oxygen atoms in total. The highest BCUT2D eigenvalue weighted by molar-refractivity contribution is 7.26. The molecule has 11 rings (SSSR count). The molecule has 0 saturated heterocycles. The standard InChI is InChI=1S/C45H26N4OS/c1-2-12-27(13-3-1)43-46-44(35-19-10-18-33-32-15-6-9-23-40(32)51-42(33)35)48-45(47-43)49-36-20-7-4-14-30(36)31-25-24-28(26-37(31)49)29-17-11-22-39-41(29)34-16-5-8-21-38(34)50-39/h1-26H. The Morgan fingerprint density at radius 1 is 0.451 bits per heavy atom. The zero-order chi connectivity index (χ0) is 33.5. The van der Waals surface area contributed by atoms with Crippen molar-refractivity contribution in [3.63, 3.8) is 0 Å². The molecule has 4 aromatic heterocycles. The Morgan fingerprint density at radius 2 is 1.14 bits per heavy atom. The van der Waals surface area contributed by atoms with Gasteiger partial charge in [-0.1, -0.05) is 121 Å². The first-order valence-electron chi connectivity index (χ1n) is 16.9. The molecule has 11 aromatic rings. The smallest absolute Gasteiger partial charge is 0.238 e. The van der Waals surface area contributed by atoms with Gasteiger partial charge in [0.1, 0.15) is 11.2 Å². The van der Waals surface area contributed by atoms with Gasteiger partial charge in [-0.3, -0.25) is 4.57 Å². The molecular weight excluding hydrogens is 645 g/mol. The maximum Gasteiger partial charge on any atom is 0.238 e. The van der Waals surface area contributed by atoms with E-state index in [0.717, 1.165) is 66.0 Å². The number of para-hydroxylation sites is 2. The fourth-order valence-electron chi connectivity index (χ4n) is 7.59. The topological polar surface area (TPSA) is 56.7 Å². The molecule has 6 heteroatoms. The zero-order valence-electron chi connectivity index (χ0n) is 27.1. The van der Waals surface area contributed by atoms with Crippen molar-refractivity contribution >= 4 is 75.3 Å². The highest BCUT2D eigenvalue weighted by atomic mass is 32.1. The van der Waals surface area contributed by atoms with E-state index < -0.39 is 0 Å². The number of nitrogens with zero attached hydrogens (tertiary/aromatic N) is 4. The summed E-state index contributed by atoms with van der Waals surface area (Å²) in [6, 6.07) is 54.9. The highest BCUT2D eigenvalue weighted by Crippen LogP contribution is 2.41. The van der Waals surface area contributed by atoms with E-state index in [1.165, 1.54) is 20.2 Å². The fourth-order valence-corrected chi connectivity index (χ4v) is 8.81. The molecule has 0 amide bonds. The van der Waals surface area contributed by atoms with Gasteiger partial charge in [-0.05, 0) is 47.5 Å². The number of thiophene rings is 1. The van der Waals surface area contributed by atoms with Crippen LogP contribution in [0.1, 0.15) is 0 Å². The van der Waals surface area contributed by atoms with Crippen LogP contribution in [0.15, 0.2) is 162 Å². The van der Waals surface area contributed by atoms with Crippen molar-refractivity contribution < 1.29 is 4.42 Å². The Kier molecular flexibility index (Phi) is 6.05. The number of hydrogen-bond donors (Lipinski definition) is 0. The lowest BCUT2D eigenvalue weighted by molar-refractivity contribution is 0.669. The molecule has 7 aromatic carbocycles. The number of furan rings is 1. The number of benzene rings is 7. The Bertz CT molecular complexity index is 3150. The van der Waals surface area contributed by atoms with Crippen molar-refractivity contribution in [1.29, 1.82) is 0 Å². The van der Waals surface area contributed by atoms with Crippen LogP contribution in [0.2, 0.25) is 0 Å². The first-order chi connectivity index (χ1) is 25.3. The van der Waals surface area contributed by atoms with Crippen LogP contribution in [-0.4, -0.2) is 19.5 Å². The van der Waals surface area contributed by atoms with Gasteiger partial charge in [0.15, 0.2) is 11.6 Å². The van der Waals surface area contributed by atoms with Crippen molar-refractivity contribution in [1.82, 2.24) is 19.5 Å². The Balaban J connectivity index is 1.20. The van der Waals surface area contributed by atoms with Crippen LogP contribution in [0.25, 0.3) is 104 Å². The van der Waals surface area contributed by atoms with Gasteiger partial charge in [0.05, 0.1) is 11.0 Å². The van der Waals surface area contributed by atoms with E-state index in [2.05, 4.69) is 126 Å². The second-order valence-corrected chi connectivity index (χ2v) is 13.8. The molecule has 0 aliphatic rings. The molecule has 0 spiro atoms. The predicted molar refractivity (Wildman–Crippen MR) is 211 cm³/mol.